The van der Waals surface area contributed by atoms with Gasteiger partial charge in [-0.1, -0.05) is 43.7 Å². The van der Waals surface area contributed by atoms with Crippen LogP contribution in [-0.4, -0.2) is 38.2 Å². The first kappa shape index (κ1) is 15.3. The van der Waals surface area contributed by atoms with E-state index in [2.05, 4.69) is 53.5 Å². The average molecular weight is 298 g/mol. The minimum Gasteiger partial charge on any atom is -0.496 e. The fourth-order valence-corrected chi connectivity index (χ4v) is 3.57. The van der Waals surface area contributed by atoms with Crippen LogP contribution >= 0.6 is 0 Å². The molecule has 2 aromatic carbocycles. The first-order chi connectivity index (χ1) is 10.8. The molecule has 1 heterocycles. The maximum absolute atomic E-state index is 5.73. The average Bonchev–Trinajstić information content (AvgIpc) is 2.59. The number of benzene rings is 2. The molecule has 1 N–H and O–H groups in total. The molecule has 1 saturated heterocycles. The standard InChI is InChI=1S/C19H26N2O/c1-3-6-17(21-13-11-20-12-14-21)19-16-8-5-4-7-15(16)9-10-18(19)22-2/h4-5,7-10,17,20H,3,6,11-14H2,1-2H3/t17-/m1/s1. The van der Waals surface area contributed by atoms with Crippen LogP contribution in [0.4, 0.5) is 0 Å². The SMILES string of the molecule is CCC[C@H](c1c(OC)ccc2ccccc12)N1CCNCC1. The van der Waals surface area contributed by atoms with E-state index in [0.717, 1.165) is 31.9 Å². The molecule has 0 radical (unpaired) electrons. The third-order valence-corrected chi connectivity index (χ3v) is 4.64. The van der Waals surface area contributed by atoms with Crippen molar-refractivity contribution in [2.75, 3.05) is 33.3 Å². The number of fused-ring (bicyclic) bond motifs is 1. The summed E-state index contributed by atoms with van der Waals surface area (Å²) in [6.07, 6.45) is 2.35. The molecule has 3 nitrogen and oxygen atoms in total. The second kappa shape index (κ2) is 7.12. The van der Waals surface area contributed by atoms with Crippen molar-refractivity contribution >= 4 is 10.8 Å². The summed E-state index contributed by atoms with van der Waals surface area (Å²) < 4.78 is 5.73. The second-order valence-corrected chi connectivity index (χ2v) is 5.99. The summed E-state index contributed by atoms with van der Waals surface area (Å²) in [6.45, 7) is 6.64. The van der Waals surface area contributed by atoms with E-state index in [-0.39, 0.29) is 0 Å². The lowest BCUT2D eigenvalue weighted by atomic mass is 9.93. The Hall–Kier alpha value is -1.58. The van der Waals surface area contributed by atoms with Crippen LogP contribution in [0.15, 0.2) is 36.4 Å². The Morgan fingerprint density at radius 3 is 2.64 bits per heavy atom. The number of methoxy groups -OCH3 is 1. The molecule has 1 aliphatic heterocycles. The van der Waals surface area contributed by atoms with Gasteiger partial charge in [-0.2, -0.15) is 0 Å². The van der Waals surface area contributed by atoms with Gasteiger partial charge in [0.2, 0.25) is 0 Å². The second-order valence-electron chi connectivity index (χ2n) is 5.99. The van der Waals surface area contributed by atoms with E-state index in [4.69, 9.17) is 4.74 Å². The van der Waals surface area contributed by atoms with Gasteiger partial charge in [-0.05, 0) is 23.3 Å². The Kier molecular flexibility index (Phi) is 4.96. The van der Waals surface area contributed by atoms with Gasteiger partial charge in [0.15, 0.2) is 0 Å². The maximum atomic E-state index is 5.73. The molecular formula is C19H26N2O. The number of ether oxygens (including phenoxy) is 1. The third-order valence-electron chi connectivity index (χ3n) is 4.64. The highest BCUT2D eigenvalue weighted by atomic mass is 16.5. The zero-order valence-electron chi connectivity index (χ0n) is 13.6. The molecule has 2 aromatic rings. The van der Waals surface area contributed by atoms with Crippen LogP contribution in [0.25, 0.3) is 10.8 Å². The van der Waals surface area contributed by atoms with Gasteiger partial charge in [0.05, 0.1) is 7.11 Å². The van der Waals surface area contributed by atoms with E-state index >= 15 is 0 Å². The minimum atomic E-state index is 0.438. The lowest BCUT2D eigenvalue weighted by Gasteiger charge is -2.36. The molecule has 0 aromatic heterocycles. The highest BCUT2D eigenvalue weighted by molar-refractivity contribution is 5.88. The first-order valence-corrected chi connectivity index (χ1v) is 8.35. The zero-order valence-corrected chi connectivity index (χ0v) is 13.6. The topological polar surface area (TPSA) is 24.5 Å². The molecule has 118 valence electrons. The Labute approximate surface area is 133 Å². The van der Waals surface area contributed by atoms with Crippen molar-refractivity contribution in [3.8, 4) is 5.75 Å². The number of nitrogens with one attached hydrogen (secondary N) is 1. The van der Waals surface area contributed by atoms with Crippen LogP contribution in [0.5, 0.6) is 5.75 Å². The number of rotatable bonds is 5. The molecule has 0 amide bonds. The molecule has 3 heteroatoms. The van der Waals surface area contributed by atoms with Crippen molar-refractivity contribution in [3.05, 3.63) is 42.0 Å². The van der Waals surface area contributed by atoms with Crippen molar-refractivity contribution in [2.24, 2.45) is 0 Å². The van der Waals surface area contributed by atoms with Gasteiger partial charge in [-0.25, -0.2) is 0 Å². The highest BCUT2D eigenvalue weighted by Gasteiger charge is 2.25. The van der Waals surface area contributed by atoms with Gasteiger partial charge in [0.25, 0.3) is 0 Å². The predicted octanol–water partition coefficient (Wildman–Crippen LogP) is 3.59. The summed E-state index contributed by atoms with van der Waals surface area (Å²) in [5, 5.41) is 6.09. The number of nitrogens with zero attached hydrogens (tertiary/aromatic N) is 1. The molecule has 1 fully saturated rings. The molecule has 0 aliphatic carbocycles. The van der Waals surface area contributed by atoms with E-state index < -0.39 is 0 Å². The predicted molar refractivity (Wildman–Crippen MR) is 92.6 cm³/mol. The fraction of sp³-hybridized carbons (Fsp3) is 0.474. The van der Waals surface area contributed by atoms with Crippen LogP contribution in [-0.2, 0) is 0 Å². The molecule has 0 saturated carbocycles. The van der Waals surface area contributed by atoms with E-state index in [0.29, 0.717) is 6.04 Å². The Morgan fingerprint density at radius 2 is 1.91 bits per heavy atom. The molecule has 3 rings (SSSR count). The van der Waals surface area contributed by atoms with Crippen LogP contribution < -0.4 is 10.1 Å². The third kappa shape index (κ3) is 2.96. The first-order valence-electron chi connectivity index (χ1n) is 8.35. The summed E-state index contributed by atoms with van der Waals surface area (Å²) in [5.41, 5.74) is 1.37. The van der Waals surface area contributed by atoms with Crippen molar-refractivity contribution in [1.82, 2.24) is 10.2 Å². The van der Waals surface area contributed by atoms with E-state index in [9.17, 15) is 0 Å². The number of hydrogen-bond acceptors (Lipinski definition) is 3. The quantitative estimate of drug-likeness (QED) is 0.913. The molecule has 1 aliphatic rings. The van der Waals surface area contributed by atoms with Gasteiger partial charge in [-0.15, -0.1) is 0 Å². The normalized spacial score (nSPS) is 17.5. The molecule has 0 bridgehead atoms. The van der Waals surface area contributed by atoms with Crippen LogP contribution in [0.1, 0.15) is 31.4 Å². The lowest BCUT2D eigenvalue weighted by molar-refractivity contribution is 0.163. The smallest absolute Gasteiger partial charge is 0.124 e. The van der Waals surface area contributed by atoms with Gasteiger partial charge in [0.1, 0.15) is 5.75 Å². The number of hydrogen-bond donors (Lipinski definition) is 1. The van der Waals surface area contributed by atoms with Crippen LogP contribution in [0.2, 0.25) is 0 Å². The summed E-state index contributed by atoms with van der Waals surface area (Å²) in [7, 11) is 1.79. The fourth-order valence-electron chi connectivity index (χ4n) is 3.57. The van der Waals surface area contributed by atoms with Crippen molar-refractivity contribution < 1.29 is 4.74 Å². The molecular weight excluding hydrogens is 272 g/mol. The van der Waals surface area contributed by atoms with Gasteiger partial charge >= 0.3 is 0 Å². The highest BCUT2D eigenvalue weighted by Crippen LogP contribution is 2.38. The molecule has 22 heavy (non-hydrogen) atoms. The minimum absolute atomic E-state index is 0.438. The summed E-state index contributed by atoms with van der Waals surface area (Å²) >= 11 is 0. The molecule has 1 atom stereocenters. The van der Waals surface area contributed by atoms with Crippen molar-refractivity contribution in [2.45, 2.75) is 25.8 Å². The van der Waals surface area contributed by atoms with E-state index in [1.165, 1.54) is 29.2 Å². The van der Waals surface area contributed by atoms with Crippen molar-refractivity contribution in [3.63, 3.8) is 0 Å². The molecule has 0 unspecified atom stereocenters. The van der Waals surface area contributed by atoms with Gasteiger partial charge in [-0.3, -0.25) is 4.90 Å². The summed E-state index contributed by atoms with van der Waals surface area (Å²) in [5.74, 6) is 1.02. The Bertz CT molecular complexity index is 620. The van der Waals surface area contributed by atoms with Gasteiger partial charge < -0.3 is 10.1 Å². The van der Waals surface area contributed by atoms with Gasteiger partial charge in [0, 0.05) is 37.8 Å². The Balaban J connectivity index is 2.10. The largest absolute Gasteiger partial charge is 0.496 e. The lowest BCUT2D eigenvalue weighted by Crippen LogP contribution is -2.45. The summed E-state index contributed by atoms with van der Waals surface area (Å²) in [6, 6.07) is 13.4. The Morgan fingerprint density at radius 1 is 1.14 bits per heavy atom. The zero-order chi connectivity index (χ0) is 15.4. The summed E-state index contributed by atoms with van der Waals surface area (Å²) in [4.78, 5) is 2.62. The monoisotopic (exact) mass is 298 g/mol. The molecule has 0 spiro atoms. The maximum Gasteiger partial charge on any atom is 0.124 e. The number of piperazine rings is 1. The van der Waals surface area contributed by atoms with Crippen LogP contribution in [0, 0.1) is 0 Å². The van der Waals surface area contributed by atoms with Crippen LogP contribution in [0.3, 0.4) is 0 Å². The van der Waals surface area contributed by atoms with Crippen molar-refractivity contribution in [1.29, 1.82) is 0 Å². The van der Waals surface area contributed by atoms with E-state index in [1.54, 1.807) is 7.11 Å². The van der Waals surface area contributed by atoms with E-state index in [1.807, 2.05) is 0 Å².